The molecule has 1 N–H and O–H groups in total. The highest BCUT2D eigenvalue weighted by molar-refractivity contribution is 9.08. The number of alkyl halides is 1. The zero-order chi connectivity index (χ0) is 12.7. The molecule has 0 saturated carbocycles. The third-order valence-corrected chi connectivity index (χ3v) is 4.50. The van der Waals surface area contributed by atoms with E-state index in [1.807, 2.05) is 18.3 Å². The van der Waals surface area contributed by atoms with Crippen LogP contribution in [-0.2, 0) is 15.4 Å². The first kappa shape index (κ1) is 14.3. The summed E-state index contributed by atoms with van der Waals surface area (Å²) in [6, 6.07) is 6.87. The molecule has 0 saturated heterocycles. The largest absolute Gasteiger partial charge is 0.304 e. The summed E-state index contributed by atoms with van der Waals surface area (Å²) in [5.41, 5.74) is 1.22. The van der Waals surface area contributed by atoms with Crippen molar-refractivity contribution in [3.63, 3.8) is 0 Å². The number of halogens is 1. The van der Waals surface area contributed by atoms with Crippen LogP contribution in [0, 0.1) is 0 Å². The van der Waals surface area contributed by atoms with E-state index in [2.05, 4.69) is 20.9 Å². The van der Waals surface area contributed by atoms with Gasteiger partial charge in [-0.2, -0.15) is 8.42 Å². The van der Waals surface area contributed by atoms with Crippen molar-refractivity contribution in [3.05, 3.63) is 47.6 Å². The maximum Gasteiger partial charge on any atom is 0.304 e. The molecule has 0 fully saturated rings. The molecule has 0 unspecified atom stereocenters. The predicted molar refractivity (Wildman–Crippen MR) is 71.0 cm³/mol. The molecular formula is C10H10BrNO3S2. The van der Waals surface area contributed by atoms with Crippen LogP contribution < -0.4 is 0 Å². The molecule has 92 valence electrons. The average Bonchev–Trinajstić information content (AvgIpc) is 2.84. The Morgan fingerprint density at radius 1 is 1.35 bits per heavy atom. The molecular weight excluding hydrogens is 326 g/mol. The van der Waals surface area contributed by atoms with Gasteiger partial charge in [0, 0.05) is 17.7 Å². The summed E-state index contributed by atoms with van der Waals surface area (Å²) in [6.45, 7) is 0. The number of hydrogen-bond acceptors (Lipinski definition) is 4. The lowest BCUT2D eigenvalue weighted by atomic mass is 10.3. The zero-order valence-corrected chi connectivity index (χ0v) is 11.9. The molecule has 2 rings (SSSR count). The molecule has 0 atom stereocenters. The number of rotatable bonds is 2. The fraction of sp³-hybridized carbons (Fsp3) is 0.100. The fourth-order valence-electron chi connectivity index (χ4n) is 0.887. The Hall–Kier alpha value is -0.760. The second kappa shape index (κ2) is 6.85. The first-order valence-corrected chi connectivity index (χ1v) is 7.94. The van der Waals surface area contributed by atoms with Crippen molar-refractivity contribution < 1.29 is 13.0 Å². The van der Waals surface area contributed by atoms with Gasteiger partial charge >= 0.3 is 10.1 Å². The predicted octanol–water partition coefficient (Wildman–Crippen LogP) is 2.97. The van der Waals surface area contributed by atoms with Crippen molar-refractivity contribution >= 4 is 37.4 Å². The summed E-state index contributed by atoms with van der Waals surface area (Å²) in [5, 5.41) is 2.48. The van der Waals surface area contributed by atoms with Crippen LogP contribution in [0.1, 0.15) is 5.56 Å². The molecule has 0 aliphatic carbocycles. The minimum absolute atomic E-state index is 0.0116. The van der Waals surface area contributed by atoms with E-state index in [-0.39, 0.29) is 4.21 Å². The van der Waals surface area contributed by atoms with E-state index in [0.717, 1.165) is 16.7 Å². The van der Waals surface area contributed by atoms with E-state index in [9.17, 15) is 8.42 Å². The quantitative estimate of drug-likeness (QED) is 0.676. The molecule has 4 nitrogen and oxygen atoms in total. The lowest BCUT2D eigenvalue weighted by Gasteiger charge is -1.87. The van der Waals surface area contributed by atoms with Crippen molar-refractivity contribution in [1.29, 1.82) is 0 Å². The van der Waals surface area contributed by atoms with E-state index in [1.54, 1.807) is 17.6 Å². The van der Waals surface area contributed by atoms with Crippen molar-refractivity contribution in [1.82, 2.24) is 4.98 Å². The molecule has 0 amide bonds. The highest BCUT2D eigenvalue weighted by Gasteiger charge is 2.08. The maximum absolute atomic E-state index is 10.3. The first-order chi connectivity index (χ1) is 8.04. The van der Waals surface area contributed by atoms with Crippen LogP contribution in [0.15, 0.2) is 46.2 Å². The van der Waals surface area contributed by atoms with Gasteiger partial charge in [0.25, 0.3) is 0 Å². The zero-order valence-electron chi connectivity index (χ0n) is 8.65. The molecule has 7 heteroatoms. The third-order valence-electron chi connectivity index (χ3n) is 1.63. The molecule has 0 aliphatic rings. The summed E-state index contributed by atoms with van der Waals surface area (Å²) in [5.74, 6) is 0. The smallest absolute Gasteiger partial charge is 0.281 e. The van der Waals surface area contributed by atoms with Gasteiger partial charge in [0.15, 0.2) is 0 Å². The minimum atomic E-state index is -3.94. The molecule has 0 radical (unpaired) electrons. The molecule has 0 bridgehead atoms. The summed E-state index contributed by atoms with van der Waals surface area (Å²) in [6.07, 6.45) is 3.61. The van der Waals surface area contributed by atoms with Crippen molar-refractivity contribution in [3.8, 4) is 0 Å². The van der Waals surface area contributed by atoms with Crippen LogP contribution in [0.4, 0.5) is 0 Å². The van der Waals surface area contributed by atoms with Crippen LogP contribution in [0.2, 0.25) is 0 Å². The molecule has 0 spiro atoms. The molecule has 0 aliphatic heterocycles. The van der Waals surface area contributed by atoms with Crippen molar-refractivity contribution in [2.24, 2.45) is 0 Å². The molecule has 2 aromatic rings. The summed E-state index contributed by atoms with van der Waals surface area (Å²) >= 11 is 4.31. The Kier molecular flexibility index (Phi) is 5.76. The van der Waals surface area contributed by atoms with Gasteiger partial charge in [0.1, 0.15) is 4.21 Å². The van der Waals surface area contributed by atoms with Crippen LogP contribution in [0.3, 0.4) is 0 Å². The Labute approximate surface area is 112 Å². The first-order valence-electron chi connectivity index (χ1n) is 4.50. The minimum Gasteiger partial charge on any atom is -0.281 e. The lowest BCUT2D eigenvalue weighted by molar-refractivity contribution is 0.485. The molecule has 0 aromatic carbocycles. The SMILES string of the molecule is BrCc1cccnc1.O=S(=O)(O)c1cccs1. The van der Waals surface area contributed by atoms with Gasteiger partial charge in [0.05, 0.1) is 0 Å². The van der Waals surface area contributed by atoms with E-state index in [0.29, 0.717) is 0 Å². The Morgan fingerprint density at radius 2 is 2.12 bits per heavy atom. The standard InChI is InChI=1S/C6H6BrN.C4H4O3S2/c7-4-6-2-1-3-8-5-6;5-9(6,7)4-2-1-3-8-4/h1-3,5H,4H2;1-3H,(H,5,6,7). The van der Waals surface area contributed by atoms with Crippen molar-refractivity contribution in [2.45, 2.75) is 9.54 Å². The van der Waals surface area contributed by atoms with Crippen molar-refractivity contribution in [2.75, 3.05) is 0 Å². The Morgan fingerprint density at radius 3 is 2.41 bits per heavy atom. The summed E-state index contributed by atoms with van der Waals surface area (Å²) in [7, 11) is -3.94. The van der Waals surface area contributed by atoms with Gasteiger partial charge in [-0.25, -0.2) is 0 Å². The monoisotopic (exact) mass is 335 g/mol. The number of aromatic nitrogens is 1. The molecule has 17 heavy (non-hydrogen) atoms. The topological polar surface area (TPSA) is 67.3 Å². The third kappa shape index (κ3) is 5.40. The van der Waals surface area contributed by atoms with Crippen LogP contribution in [-0.4, -0.2) is 18.0 Å². The lowest BCUT2D eigenvalue weighted by Crippen LogP contribution is -1.92. The van der Waals surface area contributed by atoms with Gasteiger partial charge < -0.3 is 0 Å². The highest BCUT2D eigenvalue weighted by atomic mass is 79.9. The van der Waals surface area contributed by atoms with Gasteiger partial charge in [-0.3, -0.25) is 9.54 Å². The van der Waals surface area contributed by atoms with Gasteiger partial charge in [-0.1, -0.05) is 28.1 Å². The Bertz CT molecular complexity index is 526. The second-order valence-electron chi connectivity index (χ2n) is 2.90. The maximum atomic E-state index is 10.3. The van der Waals surface area contributed by atoms with Gasteiger partial charge in [-0.05, 0) is 23.1 Å². The summed E-state index contributed by atoms with van der Waals surface area (Å²) < 4.78 is 28.9. The fourth-order valence-corrected chi connectivity index (χ4v) is 2.57. The number of pyridine rings is 1. The van der Waals surface area contributed by atoms with Crippen LogP contribution >= 0.6 is 27.3 Å². The number of hydrogen-bond donors (Lipinski definition) is 1. The average molecular weight is 336 g/mol. The van der Waals surface area contributed by atoms with Crippen LogP contribution in [0.5, 0.6) is 0 Å². The summed E-state index contributed by atoms with van der Waals surface area (Å²) in [4.78, 5) is 3.93. The van der Waals surface area contributed by atoms with E-state index >= 15 is 0 Å². The Balaban J connectivity index is 0.000000171. The van der Waals surface area contributed by atoms with E-state index in [4.69, 9.17) is 4.55 Å². The normalized spacial score (nSPS) is 10.5. The number of nitrogens with zero attached hydrogens (tertiary/aromatic N) is 1. The van der Waals surface area contributed by atoms with Gasteiger partial charge in [0.2, 0.25) is 0 Å². The highest BCUT2D eigenvalue weighted by Crippen LogP contribution is 2.14. The number of thiophene rings is 1. The second-order valence-corrected chi connectivity index (χ2v) is 6.06. The molecule has 2 heterocycles. The van der Waals surface area contributed by atoms with Crippen LogP contribution in [0.25, 0.3) is 0 Å². The van der Waals surface area contributed by atoms with E-state index in [1.165, 1.54) is 11.6 Å². The van der Waals surface area contributed by atoms with E-state index < -0.39 is 10.1 Å². The molecule has 2 aromatic heterocycles. The van der Waals surface area contributed by atoms with Gasteiger partial charge in [-0.15, -0.1) is 11.3 Å².